The van der Waals surface area contributed by atoms with Crippen molar-refractivity contribution in [2.45, 2.75) is 24.4 Å². The molecule has 1 aliphatic heterocycles. The molecule has 0 saturated carbocycles. The molecule has 0 radical (unpaired) electrons. The van der Waals surface area contributed by atoms with Gasteiger partial charge in [-0.1, -0.05) is 48.5 Å². The number of hydrogen-bond donors (Lipinski definition) is 2. The summed E-state index contributed by atoms with van der Waals surface area (Å²) in [4.78, 5) is 0. The van der Waals surface area contributed by atoms with Gasteiger partial charge in [-0.3, -0.25) is 0 Å². The standard InChI is InChI=1S/C24H16O3/c25-21-17-10-13-6-5-12-9-11-3-1-2-4-14(11)15-7-8-16(19(13)18(12)15)20(17)23-24(27-23)22(21)26/h1-10,21-26H/t21-,22-,23-,24-/m1/s1. The van der Waals surface area contributed by atoms with E-state index >= 15 is 0 Å². The number of ether oxygens (including phenoxy) is 1. The summed E-state index contributed by atoms with van der Waals surface area (Å²) in [5.41, 5.74) is 1.85. The Kier molecular flexibility index (Phi) is 2.43. The van der Waals surface area contributed by atoms with Gasteiger partial charge in [0.15, 0.2) is 0 Å². The molecule has 0 amide bonds. The van der Waals surface area contributed by atoms with Crippen LogP contribution in [-0.4, -0.2) is 22.4 Å². The fourth-order valence-corrected chi connectivity index (χ4v) is 5.22. The summed E-state index contributed by atoms with van der Waals surface area (Å²) in [6.45, 7) is 0. The van der Waals surface area contributed by atoms with Crippen LogP contribution >= 0.6 is 0 Å². The van der Waals surface area contributed by atoms with Crippen LogP contribution in [0.2, 0.25) is 0 Å². The fraction of sp³-hybridized carbons (Fsp3) is 0.167. The molecule has 1 aliphatic carbocycles. The second-order valence-electron chi connectivity index (χ2n) is 7.86. The molecule has 0 bridgehead atoms. The normalized spacial score (nSPS) is 26.7. The molecule has 0 spiro atoms. The van der Waals surface area contributed by atoms with Crippen LogP contribution in [0.4, 0.5) is 0 Å². The molecule has 1 fully saturated rings. The van der Waals surface area contributed by atoms with Gasteiger partial charge in [-0.05, 0) is 66.3 Å². The largest absolute Gasteiger partial charge is 0.387 e. The maximum absolute atomic E-state index is 10.6. The Balaban J connectivity index is 1.72. The molecular weight excluding hydrogens is 336 g/mol. The van der Waals surface area contributed by atoms with Crippen LogP contribution in [0.1, 0.15) is 23.3 Å². The van der Waals surface area contributed by atoms with Gasteiger partial charge in [0.25, 0.3) is 0 Å². The Hall–Kier alpha value is -2.72. The van der Waals surface area contributed by atoms with Gasteiger partial charge in [-0.25, -0.2) is 0 Å². The number of aliphatic hydroxyl groups is 2. The zero-order chi connectivity index (χ0) is 17.9. The first-order chi connectivity index (χ1) is 13.2. The van der Waals surface area contributed by atoms with E-state index in [1.807, 2.05) is 6.07 Å². The van der Waals surface area contributed by atoms with E-state index in [1.165, 1.54) is 32.3 Å². The Morgan fingerprint density at radius 3 is 2.33 bits per heavy atom. The van der Waals surface area contributed by atoms with Gasteiger partial charge in [0.2, 0.25) is 0 Å². The lowest BCUT2D eigenvalue weighted by atomic mass is 9.81. The predicted molar refractivity (Wildman–Crippen MR) is 106 cm³/mol. The van der Waals surface area contributed by atoms with E-state index in [0.29, 0.717) is 0 Å². The van der Waals surface area contributed by atoms with Crippen molar-refractivity contribution in [1.82, 2.24) is 0 Å². The van der Waals surface area contributed by atoms with Gasteiger partial charge in [0.1, 0.15) is 24.4 Å². The first-order valence-corrected chi connectivity index (χ1v) is 9.37. The van der Waals surface area contributed by atoms with Crippen molar-refractivity contribution in [3.05, 3.63) is 71.8 Å². The van der Waals surface area contributed by atoms with E-state index in [0.717, 1.165) is 21.9 Å². The number of benzene rings is 5. The van der Waals surface area contributed by atoms with Crippen molar-refractivity contribution in [3.8, 4) is 0 Å². The monoisotopic (exact) mass is 352 g/mol. The maximum atomic E-state index is 10.6. The van der Waals surface area contributed by atoms with Crippen molar-refractivity contribution < 1.29 is 14.9 Å². The minimum absolute atomic E-state index is 0.111. The Morgan fingerprint density at radius 1 is 0.704 bits per heavy atom. The molecule has 1 heterocycles. The Morgan fingerprint density at radius 2 is 1.44 bits per heavy atom. The third kappa shape index (κ3) is 1.64. The Bertz CT molecular complexity index is 1400. The quantitative estimate of drug-likeness (QED) is 0.244. The van der Waals surface area contributed by atoms with Crippen molar-refractivity contribution in [2.75, 3.05) is 0 Å². The molecule has 3 heteroatoms. The predicted octanol–water partition coefficient (Wildman–Crippen LogP) is 4.59. The first-order valence-electron chi connectivity index (χ1n) is 9.37. The summed E-state index contributed by atoms with van der Waals surface area (Å²) in [6, 6.07) is 21.4. The molecule has 5 aromatic carbocycles. The smallest absolute Gasteiger partial charge is 0.118 e. The van der Waals surface area contributed by atoms with E-state index in [9.17, 15) is 10.2 Å². The highest BCUT2D eigenvalue weighted by molar-refractivity contribution is 6.29. The van der Waals surface area contributed by atoms with E-state index in [1.54, 1.807) is 0 Å². The van der Waals surface area contributed by atoms with Crippen LogP contribution in [0.25, 0.3) is 43.1 Å². The van der Waals surface area contributed by atoms with E-state index in [4.69, 9.17) is 4.74 Å². The van der Waals surface area contributed by atoms with Crippen molar-refractivity contribution >= 4 is 43.1 Å². The summed E-state index contributed by atoms with van der Waals surface area (Å²) in [6.07, 6.45) is -2.14. The van der Waals surface area contributed by atoms with E-state index in [2.05, 4.69) is 54.6 Å². The lowest BCUT2D eigenvalue weighted by molar-refractivity contribution is 0.000163. The number of rotatable bonds is 0. The van der Waals surface area contributed by atoms with Crippen LogP contribution in [0, 0.1) is 0 Å². The molecule has 1 saturated heterocycles. The highest BCUT2D eigenvalue weighted by atomic mass is 16.6. The van der Waals surface area contributed by atoms with Crippen LogP contribution in [0.3, 0.4) is 0 Å². The summed E-state index contributed by atoms with van der Waals surface area (Å²) >= 11 is 0. The molecule has 5 aromatic rings. The number of hydrogen-bond acceptors (Lipinski definition) is 3. The first kappa shape index (κ1) is 14.4. The summed E-state index contributed by atoms with van der Waals surface area (Å²) in [7, 11) is 0. The SMILES string of the molecule is O[C@H]1[C@H]2O[C@@H]2c2c(cc3ccc4cc5ccccc5c5ccc2c3c45)[C@H]1O. The van der Waals surface area contributed by atoms with Crippen LogP contribution in [0.5, 0.6) is 0 Å². The number of epoxide rings is 1. The van der Waals surface area contributed by atoms with Gasteiger partial charge in [-0.2, -0.15) is 0 Å². The fourth-order valence-electron chi connectivity index (χ4n) is 5.22. The lowest BCUT2D eigenvalue weighted by Gasteiger charge is -2.26. The minimum Gasteiger partial charge on any atom is -0.387 e. The molecule has 2 N–H and O–H groups in total. The average Bonchev–Trinajstić information content (AvgIpc) is 3.50. The van der Waals surface area contributed by atoms with Crippen LogP contribution < -0.4 is 0 Å². The third-order valence-electron chi connectivity index (χ3n) is 6.49. The number of fused-ring (bicyclic) bond motifs is 6. The average molecular weight is 352 g/mol. The molecule has 130 valence electrons. The lowest BCUT2D eigenvalue weighted by Crippen LogP contribution is -2.29. The van der Waals surface area contributed by atoms with Gasteiger partial charge < -0.3 is 14.9 Å². The highest BCUT2D eigenvalue weighted by Crippen LogP contribution is 2.54. The molecule has 7 rings (SSSR count). The van der Waals surface area contributed by atoms with Crippen LogP contribution in [0.15, 0.2) is 60.7 Å². The second kappa shape index (κ2) is 4.57. The van der Waals surface area contributed by atoms with Crippen molar-refractivity contribution in [3.63, 3.8) is 0 Å². The topological polar surface area (TPSA) is 53.0 Å². The van der Waals surface area contributed by atoms with Crippen LogP contribution in [-0.2, 0) is 4.74 Å². The number of aliphatic hydroxyl groups excluding tert-OH is 2. The van der Waals surface area contributed by atoms with Gasteiger partial charge in [0, 0.05) is 0 Å². The van der Waals surface area contributed by atoms with Crippen molar-refractivity contribution in [2.24, 2.45) is 0 Å². The molecule has 4 atom stereocenters. The van der Waals surface area contributed by atoms with E-state index in [-0.39, 0.29) is 12.2 Å². The summed E-state index contributed by atoms with van der Waals surface area (Å²) in [5, 5.41) is 30.6. The zero-order valence-corrected chi connectivity index (χ0v) is 14.4. The molecule has 3 nitrogen and oxygen atoms in total. The summed E-state index contributed by atoms with van der Waals surface area (Å²) < 4.78 is 5.74. The van der Waals surface area contributed by atoms with Crippen molar-refractivity contribution in [1.29, 1.82) is 0 Å². The molecule has 2 aliphatic rings. The molecular formula is C24H16O3. The van der Waals surface area contributed by atoms with Gasteiger partial charge in [0.05, 0.1) is 0 Å². The summed E-state index contributed by atoms with van der Waals surface area (Å²) in [5.74, 6) is 0. The zero-order valence-electron chi connectivity index (χ0n) is 14.4. The maximum Gasteiger partial charge on any atom is 0.118 e. The molecule has 27 heavy (non-hydrogen) atoms. The second-order valence-corrected chi connectivity index (χ2v) is 7.86. The molecule has 0 aromatic heterocycles. The molecule has 0 unspecified atom stereocenters. The highest BCUT2D eigenvalue weighted by Gasteiger charge is 2.54. The van der Waals surface area contributed by atoms with Gasteiger partial charge >= 0.3 is 0 Å². The van der Waals surface area contributed by atoms with Gasteiger partial charge in [-0.15, -0.1) is 0 Å². The third-order valence-corrected chi connectivity index (χ3v) is 6.49. The minimum atomic E-state index is -0.897. The Labute approximate surface area is 154 Å². The van der Waals surface area contributed by atoms with E-state index < -0.39 is 12.2 Å².